The number of nitrogens with one attached hydrogen (secondary N) is 1. The van der Waals surface area contributed by atoms with Crippen LogP contribution in [0.1, 0.15) is 19.8 Å². The van der Waals surface area contributed by atoms with Crippen LogP contribution in [0, 0.1) is 0 Å². The second-order valence-corrected chi connectivity index (χ2v) is 3.85. The summed E-state index contributed by atoms with van der Waals surface area (Å²) in [5.74, 6) is 0. The Kier molecular flexibility index (Phi) is 4.77. The maximum atomic E-state index is 8.67. The monoisotopic (exact) mass is 213 g/mol. The normalized spacial score (nSPS) is 12.5. The van der Waals surface area contributed by atoms with Gasteiger partial charge in [0.15, 0.2) is 0 Å². The molecule has 2 nitrogen and oxygen atoms in total. The van der Waals surface area contributed by atoms with Gasteiger partial charge in [0.05, 0.1) is 0 Å². The van der Waals surface area contributed by atoms with Gasteiger partial charge in [0.1, 0.15) is 0 Å². The Labute approximate surface area is 89.9 Å². The molecule has 14 heavy (non-hydrogen) atoms. The van der Waals surface area contributed by atoms with Crippen molar-refractivity contribution < 1.29 is 5.11 Å². The van der Waals surface area contributed by atoms with Gasteiger partial charge in [-0.15, -0.1) is 0 Å². The summed E-state index contributed by atoms with van der Waals surface area (Å²) in [5, 5.41) is 12.8. The van der Waals surface area contributed by atoms with E-state index in [9.17, 15) is 0 Å². The van der Waals surface area contributed by atoms with E-state index in [0.29, 0.717) is 6.04 Å². The fourth-order valence-corrected chi connectivity index (χ4v) is 1.43. The second-order valence-electron chi connectivity index (χ2n) is 3.42. The van der Waals surface area contributed by atoms with Gasteiger partial charge < -0.3 is 10.4 Å². The summed E-state index contributed by atoms with van der Waals surface area (Å²) in [6, 6.07) is 8.02. The van der Waals surface area contributed by atoms with Crippen LogP contribution in [0.4, 0.5) is 5.69 Å². The van der Waals surface area contributed by atoms with Gasteiger partial charge in [-0.05, 0) is 44.0 Å². The van der Waals surface area contributed by atoms with Crippen molar-refractivity contribution >= 4 is 17.3 Å². The molecule has 0 aliphatic rings. The molecule has 1 aromatic carbocycles. The number of benzene rings is 1. The highest BCUT2D eigenvalue weighted by Crippen LogP contribution is 2.15. The third-order valence-electron chi connectivity index (χ3n) is 2.05. The number of halogens is 1. The summed E-state index contributed by atoms with van der Waals surface area (Å²) in [6.45, 7) is 2.36. The van der Waals surface area contributed by atoms with E-state index < -0.39 is 0 Å². The molecule has 0 aliphatic heterocycles. The minimum atomic E-state index is 0.257. The molecule has 1 aromatic rings. The third-order valence-corrected chi connectivity index (χ3v) is 2.30. The van der Waals surface area contributed by atoms with E-state index in [4.69, 9.17) is 16.7 Å². The standard InChI is InChI=1S/C11H16ClNO/c1-9(3-2-8-14)13-11-6-4-10(12)5-7-11/h4-7,9,13-14H,2-3,8H2,1H3/t9-/m0/s1. The van der Waals surface area contributed by atoms with E-state index in [1.165, 1.54) is 0 Å². The van der Waals surface area contributed by atoms with Crippen LogP contribution >= 0.6 is 11.6 Å². The second kappa shape index (κ2) is 5.89. The molecule has 0 fully saturated rings. The van der Waals surface area contributed by atoms with E-state index in [-0.39, 0.29) is 6.61 Å². The zero-order valence-electron chi connectivity index (χ0n) is 8.33. The van der Waals surface area contributed by atoms with Gasteiger partial charge in [-0.3, -0.25) is 0 Å². The van der Waals surface area contributed by atoms with E-state index in [1.54, 1.807) is 0 Å². The van der Waals surface area contributed by atoms with Gasteiger partial charge >= 0.3 is 0 Å². The smallest absolute Gasteiger partial charge is 0.0431 e. The zero-order chi connectivity index (χ0) is 10.4. The number of aliphatic hydroxyl groups excluding tert-OH is 1. The molecule has 78 valence electrons. The molecule has 0 spiro atoms. The molecule has 1 rings (SSSR count). The van der Waals surface area contributed by atoms with Crippen molar-refractivity contribution in [3.63, 3.8) is 0 Å². The lowest BCUT2D eigenvalue weighted by atomic mass is 10.2. The summed E-state index contributed by atoms with van der Waals surface area (Å²) in [6.07, 6.45) is 1.81. The maximum absolute atomic E-state index is 8.67. The van der Waals surface area contributed by atoms with Crippen molar-refractivity contribution in [3.05, 3.63) is 29.3 Å². The van der Waals surface area contributed by atoms with E-state index in [0.717, 1.165) is 23.6 Å². The first-order valence-electron chi connectivity index (χ1n) is 4.85. The summed E-state index contributed by atoms with van der Waals surface area (Å²) in [7, 11) is 0. The first kappa shape index (κ1) is 11.3. The molecule has 0 aromatic heterocycles. The van der Waals surface area contributed by atoms with Crippen molar-refractivity contribution in [2.45, 2.75) is 25.8 Å². The molecule has 0 amide bonds. The molecule has 1 atom stereocenters. The summed E-state index contributed by atoms with van der Waals surface area (Å²) >= 11 is 5.77. The molecule has 2 N–H and O–H groups in total. The fourth-order valence-electron chi connectivity index (χ4n) is 1.30. The van der Waals surface area contributed by atoms with Crippen LogP contribution in [0.25, 0.3) is 0 Å². The van der Waals surface area contributed by atoms with Gasteiger partial charge in [0.25, 0.3) is 0 Å². The van der Waals surface area contributed by atoms with E-state index in [1.807, 2.05) is 24.3 Å². The Morgan fingerprint density at radius 2 is 2.00 bits per heavy atom. The van der Waals surface area contributed by atoms with Crippen molar-refractivity contribution in [1.29, 1.82) is 0 Å². The van der Waals surface area contributed by atoms with Gasteiger partial charge in [-0.25, -0.2) is 0 Å². The average Bonchev–Trinajstić information content (AvgIpc) is 2.18. The highest BCUT2D eigenvalue weighted by molar-refractivity contribution is 6.30. The quantitative estimate of drug-likeness (QED) is 0.789. The summed E-state index contributed by atoms with van der Waals surface area (Å²) < 4.78 is 0. The molecule has 0 radical (unpaired) electrons. The lowest BCUT2D eigenvalue weighted by molar-refractivity contribution is 0.282. The number of rotatable bonds is 5. The van der Waals surface area contributed by atoms with Gasteiger partial charge in [0, 0.05) is 23.4 Å². The largest absolute Gasteiger partial charge is 0.396 e. The highest BCUT2D eigenvalue weighted by Gasteiger charge is 2.00. The Morgan fingerprint density at radius 3 is 2.57 bits per heavy atom. The molecule has 0 aliphatic carbocycles. The van der Waals surface area contributed by atoms with Crippen LogP contribution in [0.3, 0.4) is 0 Å². The van der Waals surface area contributed by atoms with Crippen molar-refractivity contribution in [3.8, 4) is 0 Å². The van der Waals surface area contributed by atoms with E-state index in [2.05, 4.69) is 12.2 Å². The molecular formula is C11H16ClNO. The van der Waals surface area contributed by atoms with Crippen LogP contribution < -0.4 is 5.32 Å². The van der Waals surface area contributed by atoms with Gasteiger partial charge in [0.2, 0.25) is 0 Å². The summed E-state index contributed by atoms with van der Waals surface area (Å²) in [4.78, 5) is 0. The molecule has 0 heterocycles. The Hall–Kier alpha value is -0.730. The first-order valence-corrected chi connectivity index (χ1v) is 5.23. The van der Waals surface area contributed by atoms with Crippen LogP contribution in [0.15, 0.2) is 24.3 Å². The lowest BCUT2D eigenvalue weighted by Gasteiger charge is -2.14. The van der Waals surface area contributed by atoms with Gasteiger partial charge in [-0.2, -0.15) is 0 Å². The Bertz CT molecular complexity index is 260. The molecule has 0 saturated heterocycles. The molecule has 0 bridgehead atoms. The van der Waals surface area contributed by atoms with Crippen LogP contribution in [0.2, 0.25) is 5.02 Å². The zero-order valence-corrected chi connectivity index (χ0v) is 9.09. The van der Waals surface area contributed by atoms with Crippen LogP contribution in [0.5, 0.6) is 0 Å². The van der Waals surface area contributed by atoms with Crippen molar-refractivity contribution in [1.82, 2.24) is 0 Å². The minimum absolute atomic E-state index is 0.257. The topological polar surface area (TPSA) is 32.3 Å². The predicted molar refractivity (Wildman–Crippen MR) is 60.9 cm³/mol. The number of aliphatic hydroxyl groups is 1. The lowest BCUT2D eigenvalue weighted by Crippen LogP contribution is -2.15. The molecule has 0 unspecified atom stereocenters. The van der Waals surface area contributed by atoms with Crippen molar-refractivity contribution in [2.24, 2.45) is 0 Å². The number of hydrogen-bond acceptors (Lipinski definition) is 2. The predicted octanol–water partition coefficient (Wildman–Crippen LogP) is 2.91. The molecule has 3 heteroatoms. The first-order chi connectivity index (χ1) is 6.72. The van der Waals surface area contributed by atoms with Crippen molar-refractivity contribution in [2.75, 3.05) is 11.9 Å². The minimum Gasteiger partial charge on any atom is -0.396 e. The van der Waals surface area contributed by atoms with E-state index >= 15 is 0 Å². The number of anilines is 1. The Morgan fingerprint density at radius 1 is 1.36 bits per heavy atom. The number of hydrogen-bond donors (Lipinski definition) is 2. The average molecular weight is 214 g/mol. The fraction of sp³-hybridized carbons (Fsp3) is 0.455. The maximum Gasteiger partial charge on any atom is 0.0431 e. The molecule has 0 saturated carbocycles. The highest BCUT2D eigenvalue weighted by atomic mass is 35.5. The third kappa shape index (κ3) is 3.99. The SMILES string of the molecule is C[C@@H](CCCO)Nc1ccc(Cl)cc1. The summed E-state index contributed by atoms with van der Waals surface area (Å²) in [5.41, 5.74) is 1.07. The molecular weight excluding hydrogens is 198 g/mol. The Balaban J connectivity index is 2.39. The van der Waals surface area contributed by atoms with Gasteiger partial charge in [-0.1, -0.05) is 11.6 Å². The van der Waals surface area contributed by atoms with Crippen LogP contribution in [-0.4, -0.2) is 17.8 Å². The van der Waals surface area contributed by atoms with Crippen LogP contribution in [-0.2, 0) is 0 Å².